The van der Waals surface area contributed by atoms with Crippen LogP contribution in [0.3, 0.4) is 0 Å². The van der Waals surface area contributed by atoms with E-state index in [4.69, 9.17) is 16.3 Å². The Hall–Kier alpha value is 0.250. The number of hydrogen-bond donors (Lipinski definition) is 0. The molecule has 1 atom stereocenters. The van der Waals surface area contributed by atoms with Crippen molar-refractivity contribution in [2.45, 2.75) is 57.9 Å². The molecule has 1 nitrogen and oxygen atoms in total. The Morgan fingerprint density at radius 1 is 1.38 bits per heavy atom. The second-order valence-electron chi connectivity index (χ2n) is 5.19. The van der Waals surface area contributed by atoms with Crippen molar-refractivity contribution in [2.24, 2.45) is 5.41 Å². The van der Waals surface area contributed by atoms with E-state index in [-0.39, 0.29) is 5.60 Å². The molecule has 1 fully saturated rings. The standard InChI is InChI=1S/C11H21ClO/c1-9(12)11(5-6-11)7-8-13-10(2,3)4/h9H,5-8H2,1-4H3. The molecule has 1 aliphatic carbocycles. The Balaban J connectivity index is 2.20. The molecule has 13 heavy (non-hydrogen) atoms. The van der Waals surface area contributed by atoms with Crippen LogP contribution in [0.4, 0.5) is 0 Å². The predicted molar refractivity (Wildman–Crippen MR) is 57.3 cm³/mol. The van der Waals surface area contributed by atoms with Crippen molar-refractivity contribution in [1.82, 2.24) is 0 Å². The first-order chi connectivity index (χ1) is 5.86. The number of alkyl halides is 1. The van der Waals surface area contributed by atoms with Crippen molar-refractivity contribution in [3.05, 3.63) is 0 Å². The maximum absolute atomic E-state index is 6.13. The van der Waals surface area contributed by atoms with E-state index in [1.807, 2.05) is 0 Å². The summed E-state index contributed by atoms with van der Waals surface area (Å²) < 4.78 is 5.70. The highest BCUT2D eigenvalue weighted by atomic mass is 35.5. The quantitative estimate of drug-likeness (QED) is 0.636. The van der Waals surface area contributed by atoms with Gasteiger partial charge >= 0.3 is 0 Å². The molecule has 1 unspecified atom stereocenters. The van der Waals surface area contributed by atoms with Crippen LogP contribution >= 0.6 is 11.6 Å². The fraction of sp³-hybridized carbons (Fsp3) is 1.00. The lowest BCUT2D eigenvalue weighted by Crippen LogP contribution is -2.23. The van der Waals surface area contributed by atoms with Gasteiger partial charge in [-0.3, -0.25) is 0 Å². The van der Waals surface area contributed by atoms with Crippen molar-refractivity contribution >= 4 is 11.6 Å². The molecule has 0 radical (unpaired) electrons. The van der Waals surface area contributed by atoms with E-state index < -0.39 is 0 Å². The second-order valence-corrected chi connectivity index (χ2v) is 5.84. The molecule has 0 aromatic heterocycles. The molecular formula is C11H21ClO. The van der Waals surface area contributed by atoms with Crippen LogP contribution in [-0.2, 0) is 4.74 Å². The van der Waals surface area contributed by atoms with Gasteiger partial charge in [0.25, 0.3) is 0 Å². The van der Waals surface area contributed by atoms with Gasteiger partial charge in [-0.2, -0.15) is 0 Å². The largest absolute Gasteiger partial charge is 0.376 e. The summed E-state index contributed by atoms with van der Waals surface area (Å²) in [5, 5.41) is 0.302. The lowest BCUT2D eigenvalue weighted by atomic mass is 9.99. The van der Waals surface area contributed by atoms with Crippen LogP contribution in [0.15, 0.2) is 0 Å². The van der Waals surface area contributed by atoms with Gasteiger partial charge in [-0.25, -0.2) is 0 Å². The highest BCUT2D eigenvalue weighted by Gasteiger charge is 2.46. The molecule has 78 valence electrons. The molecule has 0 amide bonds. The Morgan fingerprint density at radius 3 is 2.23 bits per heavy atom. The topological polar surface area (TPSA) is 9.23 Å². The van der Waals surface area contributed by atoms with Gasteiger partial charge in [-0.1, -0.05) is 0 Å². The van der Waals surface area contributed by atoms with Gasteiger partial charge < -0.3 is 4.74 Å². The average molecular weight is 205 g/mol. The van der Waals surface area contributed by atoms with E-state index in [9.17, 15) is 0 Å². The molecule has 0 bridgehead atoms. The molecule has 1 saturated carbocycles. The first-order valence-corrected chi connectivity index (χ1v) is 5.57. The lowest BCUT2D eigenvalue weighted by Gasteiger charge is -2.23. The minimum absolute atomic E-state index is 0.00830. The molecule has 0 aromatic rings. The Morgan fingerprint density at radius 2 is 1.92 bits per heavy atom. The molecule has 0 spiro atoms. The van der Waals surface area contributed by atoms with E-state index in [2.05, 4.69) is 27.7 Å². The van der Waals surface area contributed by atoms with Crippen molar-refractivity contribution in [1.29, 1.82) is 0 Å². The van der Waals surface area contributed by atoms with Crippen LogP contribution in [0.1, 0.15) is 47.0 Å². The summed E-state index contributed by atoms with van der Waals surface area (Å²) in [6.45, 7) is 9.23. The molecule has 0 aliphatic heterocycles. The van der Waals surface area contributed by atoms with Crippen LogP contribution in [0.25, 0.3) is 0 Å². The van der Waals surface area contributed by atoms with Crippen LogP contribution in [0.5, 0.6) is 0 Å². The molecular weight excluding hydrogens is 184 g/mol. The number of ether oxygens (including phenoxy) is 1. The highest BCUT2D eigenvalue weighted by molar-refractivity contribution is 6.21. The van der Waals surface area contributed by atoms with Gasteiger partial charge in [0, 0.05) is 12.0 Å². The summed E-state index contributed by atoms with van der Waals surface area (Å²) in [4.78, 5) is 0. The van der Waals surface area contributed by atoms with Gasteiger partial charge in [0.15, 0.2) is 0 Å². The van der Waals surface area contributed by atoms with Gasteiger partial charge in [0.05, 0.1) is 5.60 Å². The van der Waals surface area contributed by atoms with Gasteiger partial charge in [-0.15, -0.1) is 11.6 Å². The van der Waals surface area contributed by atoms with Crippen LogP contribution < -0.4 is 0 Å². The molecule has 1 rings (SSSR count). The third-order valence-corrected chi connectivity index (χ3v) is 3.33. The Bertz CT molecular complexity index is 165. The Labute approximate surface area is 86.8 Å². The van der Waals surface area contributed by atoms with Crippen molar-refractivity contribution in [2.75, 3.05) is 6.61 Å². The molecule has 2 heteroatoms. The predicted octanol–water partition coefficient (Wildman–Crippen LogP) is 3.60. The van der Waals surface area contributed by atoms with Crippen LogP contribution in [0.2, 0.25) is 0 Å². The molecule has 1 aliphatic rings. The van der Waals surface area contributed by atoms with E-state index in [0.29, 0.717) is 10.8 Å². The summed E-state index contributed by atoms with van der Waals surface area (Å²) in [5.74, 6) is 0. The fourth-order valence-corrected chi connectivity index (χ4v) is 1.90. The molecule has 0 saturated heterocycles. The first kappa shape index (κ1) is 11.3. The zero-order valence-corrected chi connectivity index (χ0v) is 9.95. The highest BCUT2D eigenvalue weighted by Crippen LogP contribution is 2.53. The number of hydrogen-bond acceptors (Lipinski definition) is 1. The summed E-state index contributed by atoms with van der Waals surface area (Å²) in [5.41, 5.74) is 0.401. The zero-order chi connectivity index (χ0) is 10.1. The normalized spacial score (nSPS) is 22.8. The smallest absolute Gasteiger partial charge is 0.0598 e. The lowest BCUT2D eigenvalue weighted by molar-refractivity contribution is -0.0108. The van der Waals surface area contributed by atoms with Crippen molar-refractivity contribution in [3.63, 3.8) is 0 Å². The SMILES string of the molecule is CC(Cl)C1(CCOC(C)(C)C)CC1. The van der Waals surface area contributed by atoms with Crippen molar-refractivity contribution < 1.29 is 4.74 Å². The van der Waals surface area contributed by atoms with E-state index >= 15 is 0 Å². The zero-order valence-electron chi connectivity index (χ0n) is 9.19. The van der Waals surface area contributed by atoms with Gasteiger partial charge in [-0.05, 0) is 52.4 Å². The minimum Gasteiger partial charge on any atom is -0.376 e. The summed E-state index contributed by atoms with van der Waals surface area (Å²) in [6.07, 6.45) is 3.69. The minimum atomic E-state index is -0.00830. The van der Waals surface area contributed by atoms with E-state index in [0.717, 1.165) is 13.0 Å². The van der Waals surface area contributed by atoms with Crippen molar-refractivity contribution in [3.8, 4) is 0 Å². The summed E-state index contributed by atoms with van der Waals surface area (Å²) in [7, 11) is 0. The van der Waals surface area contributed by atoms with Gasteiger partial charge in [0.1, 0.15) is 0 Å². The molecule has 0 N–H and O–H groups in total. The average Bonchev–Trinajstić information content (AvgIpc) is 2.65. The van der Waals surface area contributed by atoms with Crippen LogP contribution in [0, 0.1) is 5.41 Å². The van der Waals surface area contributed by atoms with E-state index in [1.165, 1.54) is 12.8 Å². The third kappa shape index (κ3) is 3.47. The van der Waals surface area contributed by atoms with Crippen LogP contribution in [-0.4, -0.2) is 17.6 Å². The number of rotatable bonds is 4. The third-order valence-electron chi connectivity index (χ3n) is 2.87. The van der Waals surface area contributed by atoms with Gasteiger partial charge in [0.2, 0.25) is 0 Å². The number of halogens is 1. The summed E-state index contributed by atoms with van der Waals surface area (Å²) >= 11 is 6.13. The van der Waals surface area contributed by atoms with E-state index in [1.54, 1.807) is 0 Å². The second kappa shape index (κ2) is 3.78. The fourth-order valence-electron chi connectivity index (χ4n) is 1.57. The molecule has 0 aromatic carbocycles. The maximum Gasteiger partial charge on any atom is 0.0598 e. The first-order valence-electron chi connectivity index (χ1n) is 5.14. The maximum atomic E-state index is 6.13. The Kier molecular flexibility index (Phi) is 3.29. The molecule has 0 heterocycles. The summed E-state index contributed by atoms with van der Waals surface area (Å²) in [6, 6.07) is 0. The monoisotopic (exact) mass is 204 g/mol.